The highest BCUT2D eigenvalue weighted by Crippen LogP contribution is 2.24. The minimum atomic E-state index is -1.21. The molecular weight excluding hydrogens is 376 g/mol. The Morgan fingerprint density at radius 1 is 0.966 bits per heavy atom. The number of hydrogen-bond donors (Lipinski definition) is 0. The van der Waals surface area contributed by atoms with Crippen LogP contribution in [0.25, 0.3) is 11.4 Å². The van der Waals surface area contributed by atoms with E-state index in [0.29, 0.717) is 18.2 Å². The molecule has 0 bridgehead atoms. The molecule has 0 unspecified atom stereocenters. The lowest BCUT2D eigenvalue weighted by molar-refractivity contribution is 0.284. The number of unbranched alkanes of at least 4 members (excludes halogenated alkanes) is 1. The van der Waals surface area contributed by atoms with Gasteiger partial charge in [0.15, 0.2) is 23.1 Å². The largest absolute Gasteiger partial charge is 0.490 e. The van der Waals surface area contributed by atoms with Gasteiger partial charge >= 0.3 is 0 Å². The van der Waals surface area contributed by atoms with Gasteiger partial charge in [0.2, 0.25) is 5.82 Å². The second-order valence-corrected chi connectivity index (χ2v) is 6.28. The zero-order valence-corrected chi connectivity index (χ0v) is 15.9. The van der Waals surface area contributed by atoms with Crippen molar-refractivity contribution in [2.24, 2.45) is 0 Å². The van der Waals surface area contributed by atoms with Crippen molar-refractivity contribution in [1.82, 2.24) is 9.97 Å². The van der Waals surface area contributed by atoms with Crippen molar-refractivity contribution in [3.63, 3.8) is 0 Å². The number of nitrogens with zero attached hydrogens (tertiary/aromatic N) is 3. The summed E-state index contributed by atoms with van der Waals surface area (Å²) in [5, 5.41) is 8.71. The summed E-state index contributed by atoms with van der Waals surface area (Å²) in [4.78, 5) is 8.61. The van der Waals surface area contributed by atoms with Gasteiger partial charge in [0.1, 0.15) is 12.7 Å². The van der Waals surface area contributed by atoms with Crippen molar-refractivity contribution in [2.75, 3.05) is 6.61 Å². The number of nitriles is 1. The van der Waals surface area contributed by atoms with Gasteiger partial charge in [0.25, 0.3) is 0 Å². The highest BCUT2D eigenvalue weighted by molar-refractivity contribution is 5.55. The van der Waals surface area contributed by atoms with E-state index in [1.165, 1.54) is 12.1 Å². The molecule has 0 N–H and O–H groups in total. The van der Waals surface area contributed by atoms with Crippen molar-refractivity contribution >= 4 is 0 Å². The minimum Gasteiger partial charge on any atom is -0.490 e. The molecule has 1 aromatic heterocycles. The summed E-state index contributed by atoms with van der Waals surface area (Å²) in [5.74, 6) is -1.44. The molecule has 7 heteroatoms. The van der Waals surface area contributed by atoms with Crippen LogP contribution in [0, 0.1) is 23.0 Å². The number of aromatic nitrogens is 2. The molecule has 29 heavy (non-hydrogen) atoms. The van der Waals surface area contributed by atoms with Crippen molar-refractivity contribution in [1.29, 1.82) is 5.26 Å². The first-order valence-corrected chi connectivity index (χ1v) is 9.17. The maximum atomic E-state index is 13.9. The molecule has 0 aliphatic carbocycles. The van der Waals surface area contributed by atoms with Crippen LogP contribution < -0.4 is 9.47 Å². The minimum absolute atomic E-state index is 0.0492. The Morgan fingerprint density at radius 3 is 2.34 bits per heavy atom. The fourth-order valence-electron chi connectivity index (χ4n) is 2.51. The molecule has 0 fully saturated rings. The monoisotopic (exact) mass is 395 g/mol. The van der Waals surface area contributed by atoms with Gasteiger partial charge in [-0.1, -0.05) is 37.6 Å². The van der Waals surface area contributed by atoms with Crippen molar-refractivity contribution in [2.45, 2.75) is 26.4 Å². The number of hydrogen-bond acceptors (Lipinski definition) is 5. The summed E-state index contributed by atoms with van der Waals surface area (Å²) in [6.07, 6.45) is 5.31. The molecule has 5 nitrogen and oxygen atoms in total. The van der Waals surface area contributed by atoms with Gasteiger partial charge < -0.3 is 9.47 Å². The lowest BCUT2D eigenvalue weighted by Crippen LogP contribution is -2.00. The molecule has 0 radical (unpaired) electrons. The molecule has 148 valence electrons. The summed E-state index contributed by atoms with van der Waals surface area (Å²) in [6, 6.07) is 11.2. The lowest BCUT2D eigenvalue weighted by Gasteiger charge is -2.09. The topological polar surface area (TPSA) is 68.0 Å². The molecule has 0 aliphatic rings. The molecule has 0 atom stereocenters. The number of ether oxygens (including phenoxy) is 2. The lowest BCUT2D eigenvalue weighted by atomic mass is 10.1. The highest BCUT2D eigenvalue weighted by atomic mass is 19.2. The third-order valence-corrected chi connectivity index (χ3v) is 4.17. The van der Waals surface area contributed by atoms with Crippen LogP contribution in [0.3, 0.4) is 0 Å². The van der Waals surface area contributed by atoms with E-state index in [4.69, 9.17) is 14.7 Å². The molecule has 1 heterocycles. The van der Waals surface area contributed by atoms with Gasteiger partial charge in [-0.05, 0) is 24.1 Å². The molecule has 0 spiro atoms. The summed E-state index contributed by atoms with van der Waals surface area (Å²) in [7, 11) is 0. The predicted molar refractivity (Wildman–Crippen MR) is 103 cm³/mol. The summed E-state index contributed by atoms with van der Waals surface area (Å²) in [5.41, 5.74) is 1.21. The van der Waals surface area contributed by atoms with E-state index in [9.17, 15) is 8.78 Å². The smallest absolute Gasteiger partial charge is 0.202 e. The van der Waals surface area contributed by atoms with E-state index in [1.54, 1.807) is 30.6 Å². The van der Waals surface area contributed by atoms with Crippen molar-refractivity contribution in [3.8, 4) is 29.0 Å². The maximum absolute atomic E-state index is 13.9. The van der Waals surface area contributed by atoms with Gasteiger partial charge in [0.05, 0.1) is 24.6 Å². The SMILES string of the molecule is CCCCOc1cnc(-c2ccc(COc3ccc(C#N)c(F)c3F)cc2)nc1. The van der Waals surface area contributed by atoms with Crippen LogP contribution in [0.15, 0.2) is 48.8 Å². The van der Waals surface area contributed by atoms with Crippen LogP contribution in [-0.2, 0) is 6.61 Å². The highest BCUT2D eigenvalue weighted by Gasteiger charge is 2.14. The van der Waals surface area contributed by atoms with Gasteiger partial charge in [-0.15, -0.1) is 0 Å². The first-order chi connectivity index (χ1) is 14.1. The van der Waals surface area contributed by atoms with Gasteiger partial charge in [-0.25, -0.2) is 14.4 Å². The molecule has 0 aliphatic heterocycles. The summed E-state index contributed by atoms with van der Waals surface area (Å²) >= 11 is 0. The first-order valence-electron chi connectivity index (χ1n) is 9.17. The fraction of sp³-hybridized carbons (Fsp3) is 0.227. The Balaban J connectivity index is 1.62. The Hall–Kier alpha value is -3.53. The van der Waals surface area contributed by atoms with E-state index in [2.05, 4.69) is 16.9 Å². The third kappa shape index (κ3) is 5.05. The molecular formula is C22H19F2N3O2. The average Bonchev–Trinajstić information content (AvgIpc) is 2.76. The van der Waals surface area contributed by atoms with E-state index >= 15 is 0 Å². The van der Waals surface area contributed by atoms with E-state index in [-0.39, 0.29) is 17.9 Å². The maximum Gasteiger partial charge on any atom is 0.202 e. The zero-order valence-electron chi connectivity index (χ0n) is 15.9. The molecule has 3 rings (SSSR count). The third-order valence-electron chi connectivity index (χ3n) is 4.17. The molecule has 2 aromatic carbocycles. The van der Waals surface area contributed by atoms with Crippen LogP contribution in [-0.4, -0.2) is 16.6 Å². The van der Waals surface area contributed by atoms with E-state index in [0.717, 1.165) is 24.0 Å². The summed E-state index contributed by atoms with van der Waals surface area (Å²) in [6.45, 7) is 2.78. The van der Waals surface area contributed by atoms with Gasteiger partial charge in [0, 0.05) is 5.56 Å². The normalized spacial score (nSPS) is 10.4. The average molecular weight is 395 g/mol. The van der Waals surface area contributed by atoms with Crippen LogP contribution in [0.4, 0.5) is 8.78 Å². The Bertz CT molecular complexity index is 1000. The van der Waals surface area contributed by atoms with E-state index < -0.39 is 11.6 Å². The second kappa shape index (κ2) is 9.60. The van der Waals surface area contributed by atoms with Crippen LogP contribution in [0.2, 0.25) is 0 Å². The van der Waals surface area contributed by atoms with Gasteiger partial charge in [-0.3, -0.25) is 0 Å². The van der Waals surface area contributed by atoms with Crippen molar-refractivity contribution in [3.05, 3.63) is 71.6 Å². The van der Waals surface area contributed by atoms with Crippen LogP contribution in [0.5, 0.6) is 11.5 Å². The Morgan fingerprint density at radius 2 is 1.69 bits per heavy atom. The first kappa shape index (κ1) is 20.2. The quantitative estimate of drug-likeness (QED) is 0.499. The van der Waals surface area contributed by atoms with E-state index in [1.807, 2.05) is 12.1 Å². The molecule has 0 saturated carbocycles. The second-order valence-electron chi connectivity index (χ2n) is 6.28. The van der Waals surface area contributed by atoms with Crippen molar-refractivity contribution < 1.29 is 18.3 Å². The summed E-state index contributed by atoms with van der Waals surface area (Å²) < 4.78 is 38.4. The fourth-order valence-corrected chi connectivity index (χ4v) is 2.51. The predicted octanol–water partition coefficient (Wildman–Crippen LogP) is 5.05. The molecule has 0 amide bonds. The standard InChI is InChI=1S/C22H19F2N3O2/c1-2-3-10-28-18-12-26-22(27-13-18)16-6-4-15(5-7-16)14-29-19-9-8-17(11-25)20(23)21(19)24/h4-9,12-13H,2-3,10,14H2,1H3. The zero-order chi connectivity index (χ0) is 20.6. The molecule has 0 saturated heterocycles. The molecule has 3 aromatic rings. The van der Waals surface area contributed by atoms with Gasteiger partial charge in [-0.2, -0.15) is 9.65 Å². The van der Waals surface area contributed by atoms with Crippen LogP contribution in [0.1, 0.15) is 30.9 Å². The van der Waals surface area contributed by atoms with Crippen LogP contribution >= 0.6 is 0 Å². The number of halogens is 2. The number of rotatable bonds is 8. The Kier molecular flexibility index (Phi) is 6.69. The number of benzene rings is 2. The Labute approximate surface area is 167 Å².